The van der Waals surface area contributed by atoms with Gasteiger partial charge in [-0.05, 0) is 55.7 Å². The van der Waals surface area contributed by atoms with Crippen LogP contribution >= 0.6 is 11.6 Å². The molecule has 0 saturated heterocycles. The molecule has 0 bridgehead atoms. The lowest BCUT2D eigenvalue weighted by Gasteiger charge is -2.23. The quantitative estimate of drug-likeness (QED) is 0.619. The summed E-state index contributed by atoms with van der Waals surface area (Å²) in [5.41, 5.74) is 1.35. The molecule has 2 unspecified atom stereocenters. The smallest absolute Gasteiger partial charge is 0.274 e. The number of hydrogen-bond acceptors (Lipinski definition) is 5. The zero-order valence-electron chi connectivity index (χ0n) is 17.5. The Hall–Kier alpha value is -2.84. The van der Waals surface area contributed by atoms with Crippen molar-refractivity contribution in [2.75, 3.05) is 5.32 Å². The summed E-state index contributed by atoms with van der Waals surface area (Å²) in [6, 6.07) is 4.08. The Kier molecular flexibility index (Phi) is 5.22. The molecule has 1 amide bonds. The Balaban J connectivity index is 1.33. The molecule has 3 aromatic rings. The van der Waals surface area contributed by atoms with Gasteiger partial charge in [0.15, 0.2) is 0 Å². The van der Waals surface area contributed by atoms with Gasteiger partial charge in [-0.25, -0.2) is 9.37 Å². The first-order valence-electron chi connectivity index (χ1n) is 10.6. The first kappa shape index (κ1) is 21.0. The van der Waals surface area contributed by atoms with Crippen LogP contribution in [-0.4, -0.2) is 30.5 Å². The van der Waals surface area contributed by atoms with E-state index in [2.05, 4.69) is 20.3 Å². The number of aliphatic hydroxyl groups is 1. The fourth-order valence-corrected chi connectivity index (χ4v) is 5.60. The van der Waals surface area contributed by atoms with Crippen LogP contribution < -0.4 is 5.32 Å². The van der Waals surface area contributed by atoms with Crippen LogP contribution in [0, 0.1) is 17.7 Å². The molecule has 2 aliphatic carbocycles. The molecule has 2 N–H and O–H groups in total. The summed E-state index contributed by atoms with van der Waals surface area (Å²) in [4.78, 5) is 26.0. The van der Waals surface area contributed by atoms with Crippen LogP contribution in [0.25, 0.3) is 0 Å². The van der Waals surface area contributed by atoms with E-state index in [0.29, 0.717) is 41.8 Å². The maximum Gasteiger partial charge on any atom is 0.274 e. The Morgan fingerprint density at radius 3 is 2.66 bits per heavy atom. The van der Waals surface area contributed by atoms with Crippen molar-refractivity contribution in [2.45, 2.75) is 37.2 Å². The zero-order valence-corrected chi connectivity index (χ0v) is 18.3. The number of carbonyl (C=O) groups is 1. The topological polar surface area (TPSA) is 92.9 Å². The fraction of sp³-hybridized carbons (Fsp3) is 0.391. The van der Waals surface area contributed by atoms with Gasteiger partial charge in [0.05, 0.1) is 28.9 Å². The minimum Gasteiger partial charge on any atom is -0.383 e. The van der Waals surface area contributed by atoms with Crippen LogP contribution in [0.5, 0.6) is 0 Å². The van der Waals surface area contributed by atoms with Gasteiger partial charge in [-0.1, -0.05) is 11.6 Å². The molecule has 2 aromatic heterocycles. The highest BCUT2D eigenvalue weighted by Crippen LogP contribution is 2.56. The number of rotatable bonds is 4. The lowest BCUT2D eigenvalue weighted by Crippen LogP contribution is -2.25. The number of hydrogen-bond donors (Lipinski definition) is 2. The summed E-state index contributed by atoms with van der Waals surface area (Å²) in [6.07, 6.45) is 9.47. The molecular formula is C23H23ClFN5O2. The van der Waals surface area contributed by atoms with E-state index in [0.717, 1.165) is 18.5 Å². The monoisotopic (exact) mass is 455 g/mol. The summed E-state index contributed by atoms with van der Waals surface area (Å²) in [6.45, 7) is 0. The van der Waals surface area contributed by atoms with Crippen LogP contribution in [0.4, 0.5) is 10.1 Å². The number of benzene rings is 1. The maximum atomic E-state index is 13.4. The molecule has 2 fully saturated rings. The second-order valence-electron chi connectivity index (χ2n) is 8.89. The number of halogens is 2. The predicted molar refractivity (Wildman–Crippen MR) is 117 cm³/mol. The minimum atomic E-state index is -0.944. The van der Waals surface area contributed by atoms with Gasteiger partial charge < -0.3 is 15.0 Å². The van der Waals surface area contributed by atoms with Gasteiger partial charge in [0, 0.05) is 31.0 Å². The Morgan fingerprint density at radius 2 is 2.00 bits per heavy atom. The van der Waals surface area contributed by atoms with Gasteiger partial charge in [0.25, 0.3) is 5.91 Å². The third-order valence-corrected chi connectivity index (χ3v) is 7.12. The van der Waals surface area contributed by atoms with Gasteiger partial charge in [-0.15, -0.1) is 0 Å². The van der Waals surface area contributed by atoms with Gasteiger partial charge in [-0.3, -0.25) is 14.8 Å². The molecule has 2 aliphatic rings. The Bertz CT molecular complexity index is 1150. The van der Waals surface area contributed by atoms with E-state index in [-0.39, 0.29) is 16.8 Å². The van der Waals surface area contributed by atoms with E-state index < -0.39 is 11.4 Å². The van der Waals surface area contributed by atoms with Gasteiger partial charge in [0.1, 0.15) is 17.1 Å². The van der Waals surface area contributed by atoms with E-state index in [9.17, 15) is 14.3 Å². The molecule has 2 saturated carbocycles. The summed E-state index contributed by atoms with van der Waals surface area (Å²) >= 11 is 5.84. The van der Waals surface area contributed by atoms with Crippen molar-refractivity contribution in [2.24, 2.45) is 18.9 Å². The second kappa shape index (κ2) is 7.94. The molecule has 1 aromatic carbocycles. The highest BCUT2D eigenvalue weighted by molar-refractivity contribution is 6.31. The van der Waals surface area contributed by atoms with Gasteiger partial charge >= 0.3 is 0 Å². The number of nitrogens with zero attached hydrogens (tertiary/aromatic N) is 4. The lowest BCUT2D eigenvalue weighted by atomic mass is 9.90. The van der Waals surface area contributed by atoms with Crippen LogP contribution in [0.3, 0.4) is 0 Å². The van der Waals surface area contributed by atoms with Crippen molar-refractivity contribution >= 4 is 23.2 Å². The maximum absolute atomic E-state index is 13.4. The van der Waals surface area contributed by atoms with Crippen LogP contribution in [0.2, 0.25) is 5.02 Å². The highest BCUT2D eigenvalue weighted by Gasteiger charge is 2.51. The van der Waals surface area contributed by atoms with Crippen molar-refractivity contribution in [1.82, 2.24) is 19.5 Å². The first-order valence-corrected chi connectivity index (χ1v) is 11.0. The van der Waals surface area contributed by atoms with Crippen LogP contribution in [0.1, 0.15) is 53.5 Å². The predicted octanol–water partition coefficient (Wildman–Crippen LogP) is 4.05. The van der Waals surface area contributed by atoms with E-state index in [1.165, 1.54) is 18.2 Å². The zero-order chi connectivity index (χ0) is 22.5. The minimum absolute atomic E-state index is 0.0489. The summed E-state index contributed by atoms with van der Waals surface area (Å²) in [5, 5.41) is 13.9. The Morgan fingerprint density at radius 1 is 1.25 bits per heavy atom. The number of anilines is 1. The fourth-order valence-electron chi connectivity index (χ4n) is 5.42. The molecule has 0 spiro atoms. The average Bonchev–Trinajstić information content (AvgIpc) is 3.42. The molecule has 2 atom stereocenters. The number of aryl methyl sites for hydroxylation is 1. The van der Waals surface area contributed by atoms with Crippen molar-refractivity contribution in [1.29, 1.82) is 0 Å². The van der Waals surface area contributed by atoms with Gasteiger partial charge in [0.2, 0.25) is 0 Å². The summed E-state index contributed by atoms with van der Waals surface area (Å²) in [5.74, 6) is -0.0440. The second-order valence-corrected chi connectivity index (χ2v) is 9.30. The molecule has 0 radical (unpaired) electrons. The number of imidazole rings is 1. The largest absolute Gasteiger partial charge is 0.383 e. The standard InChI is InChI=1S/C23H23ClFN5O2/c1-30-12-28-20(21(30)22(31)29-16-2-3-18(25)17(24)8-16)13-6-14-9-23(32,10-15(14)7-13)19-11-26-4-5-27-19/h2-5,8,11-15,32H,6-7,9-10H2,1H3,(H,29,31). The summed E-state index contributed by atoms with van der Waals surface area (Å²) in [7, 11) is 1.78. The van der Waals surface area contributed by atoms with Crippen molar-refractivity contribution in [3.8, 4) is 0 Å². The number of aromatic nitrogens is 4. The third kappa shape index (κ3) is 3.67. The SMILES string of the molecule is Cn1cnc(C2CC3CC(O)(c4cnccn4)CC3C2)c1C(=O)Nc1ccc(F)c(Cl)c1. The number of carbonyl (C=O) groups excluding carboxylic acids is 1. The molecule has 9 heteroatoms. The van der Waals surface area contributed by atoms with E-state index >= 15 is 0 Å². The van der Waals surface area contributed by atoms with Crippen LogP contribution in [-0.2, 0) is 12.6 Å². The molecule has 0 aliphatic heterocycles. The van der Waals surface area contributed by atoms with Crippen molar-refractivity contribution in [3.63, 3.8) is 0 Å². The number of fused-ring (bicyclic) bond motifs is 1. The highest BCUT2D eigenvalue weighted by atomic mass is 35.5. The number of nitrogens with one attached hydrogen (secondary N) is 1. The summed E-state index contributed by atoms with van der Waals surface area (Å²) < 4.78 is 15.1. The van der Waals surface area contributed by atoms with Gasteiger partial charge in [-0.2, -0.15) is 0 Å². The Labute approximate surface area is 189 Å². The third-order valence-electron chi connectivity index (χ3n) is 6.83. The molecule has 32 heavy (non-hydrogen) atoms. The van der Waals surface area contributed by atoms with Crippen molar-refractivity contribution < 1.29 is 14.3 Å². The van der Waals surface area contributed by atoms with E-state index in [1.54, 1.807) is 36.5 Å². The molecule has 2 heterocycles. The lowest BCUT2D eigenvalue weighted by molar-refractivity contribution is 0.0297. The van der Waals surface area contributed by atoms with E-state index in [4.69, 9.17) is 11.6 Å². The number of amides is 1. The van der Waals surface area contributed by atoms with Crippen molar-refractivity contribution in [3.05, 3.63) is 71.0 Å². The molecule has 7 nitrogen and oxygen atoms in total. The first-order chi connectivity index (χ1) is 15.3. The molecular weight excluding hydrogens is 433 g/mol. The molecule has 166 valence electrons. The van der Waals surface area contributed by atoms with Crippen LogP contribution in [0.15, 0.2) is 43.1 Å². The van der Waals surface area contributed by atoms with E-state index in [1.807, 2.05) is 0 Å². The average molecular weight is 456 g/mol. The normalized spacial score (nSPS) is 26.8. The molecule has 5 rings (SSSR count).